The van der Waals surface area contributed by atoms with E-state index < -0.39 is 36.8 Å². The van der Waals surface area contributed by atoms with Gasteiger partial charge in [0.1, 0.15) is 24.1 Å². The fraction of sp³-hybridized carbons (Fsp3) is 0.733. The molecule has 3 rings (SSSR count). The van der Waals surface area contributed by atoms with Crippen molar-refractivity contribution in [2.45, 2.75) is 50.2 Å². The molecule has 0 saturated carbocycles. The summed E-state index contributed by atoms with van der Waals surface area (Å²) in [5.41, 5.74) is -0.540. The zero-order valence-corrected chi connectivity index (χ0v) is 12.9. The zero-order chi connectivity index (χ0) is 16.4. The maximum atomic E-state index is 12.3. The molecule has 1 aromatic heterocycles. The van der Waals surface area contributed by atoms with E-state index in [2.05, 4.69) is 9.88 Å². The van der Waals surface area contributed by atoms with Gasteiger partial charge < -0.3 is 25.0 Å². The number of aliphatic hydroxyl groups is 3. The Morgan fingerprint density at radius 2 is 1.87 bits per heavy atom. The molecule has 2 aliphatic heterocycles. The van der Waals surface area contributed by atoms with E-state index in [1.54, 1.807) is 6.07 Å². The molecule has 0 radical (unpaired) electrons. The van der Waals surface area contributed by atoms with Gasteiger partial charge in [-0.3, -0.25) is 4.57 Å². The molecule has 23 heavy (non-hydrogen) atoms. The lowest BCUT2D eigenvalue weighted by Crippen LogP contribution is -2.37. The Bertz CT molecular complexity index is 585. The van der Waals surface area contributed by atoms with E-state index in [4.69, 9.17) is 9.84 Å². The van der Waals surface area contributed by atoms with Gasteiger partial charge in [-0.25, -0.2) is 4.79 Å². The summed E-state index contributed by atoms with van der Waals surface area (Å²) in [6, 6.07) is 1.72. The monoisotopic (exact) mass is 325 g/mol. The Hall–Kier alpha value is -1.48. The summed E-state index contributed by atoms with van der Waals surface area (Å²) in [5, 5.41) is 28.9. The molecule has 2 fully saturated rings. The van der Waals surface area contributed by atoms with Crippen molar-refractivity contribution in [3.05, 3.63) is 22.7 Å². The molecule has 1 aromatic rings. The molecule has 4 atom stereocenters. The average molecular weight is 325 g/mol. The average Bonchev–Trinajstić information content (AvgIpc) is 2.76. The molecule has 2 aliphatic rings. The number of hydrogen-bond donors (Lipinski definition) is 3. The van der Waals surface area contributed by atoms with Crippen molar-refractivity contribution >= 4 is 5.82 Å². The molecule has 0 aliphatic carbocycles. The zero-order valence-electron chi connectivity index (χ0n) is 12.9. The van der Waals surface area contributed by atoms with Crippen molar-refractivity contribution in [2.24, 2.45) is 0 Å². The van der Waals surface area contributed by atoms with Crippen molar-refractivity contribution in [3.63, 3.8) is 0 Å². The molecule has 8 nitrogen and oxygen atoms in total. The van der Waals surface area contributed by atoms with Crippen molar-refractivity contribution in [1.29, 1.82) is 0 Å². The van der Waals surface area contributed by atoms with E-state index in [-0.39, 0.29) is 0 Å². The lowest BCUT2D eigenvalue weighted by molar-refractivity contribution is -0.0549. The number of aliphatic hydroxyl groups excluding tert-OH is 3. The van der Waals surface area contributed by atoms with Gasteiger partial charge in [-0.2, -0.15) is 4.98 Å². The first-order valence-electron chi connectivity index (χ1n) is 8.08. The van der Waals surface area contributed by atoms with Gasteiger partial charge in [-0.05, 0) is 18.9 Å². The molecule has 8 heteroatoms. The Kier molecular flexibility index (Phi) is 4.96. The third-order valence-corrected chi connectivity index (χ3v) is 4.54. The highest BCUT2D eigenvalue weighted by Crippen LogP contribution is 2.28. The highest BCUT2D eigenvalue weighted by Gasteiger charge is 2.43. The molecular formula is C15H23N3O5. The smallest absolute Gasteiger partial charge is 0.351 e. The summed E-state index contributed by atoms with van der Waals surface area (Å²) in [6.45, 7) is 1.33. The van der Waals surface area contributed by atoms with Gasteiger partial charge in [-0.1, -0.05) is 12.8 Å². The predicted molar refractivity (Wildman–Crippen MR) is 82.2 cm³/mol. The lowest BCUT2D eigenvalue weighted by Gasteiger charge is -2.22. The fourth-order valence-corrected chi connectivity index (χ4v) is 3.18. The van der Waals surface area contributed by atoms with E-state index in [0.29, 0.717) is 5.82 Å². The summed E-state index contributed by atoms with van der Waals surface area (Å²) in [6.07, 6.45) is 1.60. The molecule has 4 unspecified atom stereocenters. The van der Waals surface area contributed by atoms with E-state index in [1.165, 1.54) is 19.0 Å². The molecular weight excluding hydrogens is 302 g/mol. The number of nitrogens with zero attached hydrogens (tertiary/aromatic N) is 3. The normalized spacial score (nSPS) is 32.0. The molecule has 2 saturated heterocycles. The van der Waals surface area contributed by atoms with Crippen LogP contribution in [0.5, 0.6) is 0 Å². The molecule has 3 heterocycles. The van der Waals surface area contributed by atoms with Crippen LogP contribution in [0.4, 0.5) is 5.82 Å². The molecule has 0 spiro atoms. The minimum Gasteiger partial charge on any atom is -0.394 e. The van der Waals surface area contributed by atoms with E-state index in [9.17, 15) is 15.0 Å². The van der Waals surface area contributed by atoms with Crippen LogP contribution in [0.1, 0.15) is 31.9 Å². The SMILES string of the molecule is O=c1nc(N2CCCCCC2)ccn1C1OC(CO)C(O)C1O. The Labute approximate surface area is 134 Å². The molecule has 3 N–H and O–H groups in total. The van der Waals surface area contributed by atoms with Gasteiger partial charge in [0.25, 0.3) is 0 Å². The van der Waals surface area contributed by atoms with Crippen LogP contribution in [0.2, 0.25) is 0 Å². The van der Waals surface area contributed by atoms with Crippen LogP contribution < -0.4 is 10.6 Å². The van der Waals surface area contributed by atoms with Gasteiger partial charge in [-0.15, -0.1) is 0 Å². The lowest BCUT2D eigenvalue weighted by atomic mass is 10.1. The maximum absolute atomic E-state index is 12.3. The standard InChI is InChI=1S/C15H23N3O5/c19-9-10-12(20)13(21)14(23-10)18-8-5-11(16-15(18)22)17-6-3-1-2-4-7-17/h5,8,10,12-14,19-21H,1-4,6-7,9H2. The third kappa shape index (κ3) is 3.25. The fourth-order valence-electron chi connectivity index (χ4n) is 3.18. The van der Waals surface area contributed by atoms with Crippen LogP contribution in [0.25, 0.3) is 0 Å². The number of aromatic nitrogens is 2. The van der Waals surface area contributed by atoms with Crippen molar-refractivity contribution in [1.82, 2.24) is 9.55 Å². The second-order valence-corrected chi connectivity index (χ2v) is 6.11. The van der Waals surface area contributed by atoms with Gasteiger partial charge in [0.2, 0.25) is 0 Å². The minimum atomic E-state index is -1.28. The minimum absolute atomic E-state index is 0.428. The molecule has 0 bridgehead atoms. The van der Waals surface area contributed by atoms with Gasteiger partial charge in [0, 0.05) is 19.3 Å². The first-order chi connectivity index (χ1) is 11.1. The summed E-state index contributed by atoms with van der Waals surface area (Å²) >= 11 is 0. The van der Waals surface area contributed by atoms with Crippen molar-refractivity contribution in [2.75, 3.05) is 24.6 Å². The van der Waals surface area contributed by atoms with Gasteiger partial charge >= 0.3 is 5.69 Å². The van der Waals surface area contributed by atoms with Crippen LogP contribution in [-0.4, -0.2) is 62.9 Å². The van der Waals surface area contributed by atoms with E-state index >= 15 is 0 Å². The molecule has 0 aromatic carbocycles. The molecule has 0 amide bonds. The van der Waals surface area contributed by atoms with Gasteiger partial charge in [0.15, 0.2) is 6.23 Å². The van der Waals surface area contributed by atoms with Crippen LogP contribution in [-0.2, 0) is 4.74 Å². The van der Waals surface area contributed by atoms with Crippen LogP contribution in [0.3, 0.4) is 0 Å². The highest BCUT2D eigenvalue weighted by atomic mass is 16.6. The first-order valence-corrected chi connectivity index (χ1v) is 8.08. The van der Waals surface area contributed by atoms with Crippen molar-refractivity contribution in [3.8, 4) is 0 Å². The number of rotatable bonds is 3. The van der Waals surface area contributed by atoms with E-state index in [1.807, 2.05) is 0 Å². The summed E-state index contributed by atoms with van der Waals surface area (Å²) < 4.78 is 6.52. The predicted octanol–water partition coefficient (Wildman–Crippen LogP) is -0.765. The Balaban J connectivity index is 1.81. The number of anilines is 1. The second kappa shape index (κ2) is 6.96. The summed E-state index contributed by atoms with van der Waals surface area (Å²) in [7, 11) is 0. The Morgan fingerprint density at radius 1 is 1.17 bits per heavy atom. The third-order valence-electron chi connectivity index (χ3n) is 4.54. The number of ether oxygens (including phenoxy) is 1. The van der Waals surface area contributed by atoms with Gasteiger partial charge in [0.05, 0.1) is 6.61 Å². The Morgan fingerprint density at radius 3 is 2.43 bits per heavy atom. The summed E-state index contributed by atoms with van der Waals surface area (Å²) in [5.74, 6) is 0.625. The largest absolute Gasteiger partial charge is 0.394 e. The quantitative estimate of drug-likeness (QED) is 0.670. The topological polar surface area (TPSA) is 108 Å². The van der Waals surface area contributed by atoms with Crippen molar-refractivity contribution < 1.29 is 20.1 Å². The van der Waals surface area contributed by atoms with Crippen LogP contribution in [0.15, 0.2) is 17.1 Å². The number of hydrogen-bond acceptors (Lipinski definition) is 7. The van der Waals surface area contributed by atoms with E-state index in [0.717, 1.165) is 30.5 Å². The maximum Gasteiger partial charge on any atom is 0.351 e. The highest BCUT2D eigenvalue weighted by molar-refractivity contribution is 5.36. The van der Waals surface area contributed by atoms with Crippen LogP contribution >= 0.6 is 0 Å². The first kappa shape index (κ1) is 16.4. The second-order valence-electron chi connectivity index (χ2n) is 6.11. The molecule has 128 valence electrons. The van der Waals surface area contributed by atoms with Crippen LogP contribution in [0, 0.1) is 0 Å². The summed E-state index contributed by atoms with van der Waals surface area (Å²) in [4.78, 5) is 18.5.